The molecule has 2 fully saturated rings. The summed E-state index contributed by atoms with van der Waals surface area (Å²) in [5.74, 6) is -0.558. The smallest absolute Gasteiger partial charge is 0.410 e. The van der Waals surface area contributed by atoms with E-state index in [0.717, 1.165) is 17.8 Å². The molecule has 2 aliphatic rings. The molecule has 1 aromatic rings. The first kappa shape index (κ1) is 18.0. The van der Waals surface area contributed by atoms with Gasteiger partial charge >= 0.3 is 12.1 Å². The number of hydrogen-bond donors (Lipinski definition) is 1. The van der Waals surface area contributed by atoms with Gasteiger partial charge in [0.2, 0.25) is 0 Å². The first-order chi connectivity index (χ1) is 11.7. The molecule has 7 nitrogen and oxygen atoms in total. The third-order valence-electron chi connectivity index (χ3n) is 4.30. The molecule has 1 amide bonds. The number of carboxylic acid groups (broad SMARTS) is 1. The molecule has 8 heteroatoms. The number of aromatic carboxylic acids is 1. The Labute approximate surface area is 151 Å². The number of aromatic nitrogens is 1. The summed E-state index contributed by atoms with van der Waals surface area (Å²) in [5, 5.41) is 11.1. The van der Waals surface area contributed by atoms with Crippen molar-refractivity contribution in [1.82, 2.24) is 9.88 Å². The Bertz CT molecular complexity index is 678. The highest BCUT2D eigenvalue weighted by atomic mass is 32.1. The van der Waals surface area contributed by atoms with Gasteiger partial charge in [-0.3, -0.25) is 0 Å². The zero-order valence-corrected chi connectivity index (χ0v) is 15.9. The number of rotatable bonds is 3. The normalized spacial score (nSPS) is 21.4. The van der Waals surface area contributed by atoms with Gasteiger partial charge in [0.05, 0.1) is 5.01 Å². The van der Waals surface area contributed by atoms with Crippen LogP contribution < -0.4 is 4.90 Å². The number of anilines is 1. The van der Waals surface area contributed by atoms with Crippen molar-refractivity contribution in [2.45, 2.75) is 58.1 Å². The van der Waals surface area contributed by atoms with Crippen LogP contribution in [0, 0.1) is 0 Å². The van der Waals surface area contributed by atoms with Gasteiger partial charge < -0.3 is 19.6 Å². The zero-order valence-electron chi connectivity index (χ0n) is 15.1. The van der Waals surface area contributed by atoms with Crippen molar-refractivity contribution < 1.29 is 19.4 Å². The average molecular weight is 367 g/mol. The van der Waals surface area contributed by atoms with E-state index in [0.29, 0.717) is 30.6 Å². The number of thiazole rings is 1. The van der Waals surface area contributed by atoms with Gasteiger partial charge in [-0.1, -0.05) is 0 Å². The fraction of sp³-hybridized carbons (Fsp3) is 0.706. The van der Waals surface area contributed by atoms with Crippen molar-refractivity contribution in [3.8, 4) is 0 Å². The van der Waals surface area contributed by atoms with E-state index >= 15 is 0 Å². The van der Waals surface area contributed by atoms with Crippen molar-refractivity contribution in [2.24, 2.45) is 0 Å². The lowest BCUT2D eigenvalue weighted by Crippen LogP contribution is -2.55. The number of piperazine rings is 1. The molecule has 1 N–H and O–H groups in total. The highest BCUT2D eigenvalue weighted by molar-refractivity contribution is 7.16. The summed E-state index contributed by atoms with van der Waals surface area (Å²) in [7, 11) is 0. The highest BCUT2D eigenvalue weighted by Crippen LogP contribution is 2.45. The summed E-state index contributed by atoms with van der Waals surface area (Å²) in [5.41, 5.74) is -0.383. The number of ether oxygens (including phenoxy) is 1. The number of hydrogen-bond acceptors (Lipinski definition) is 6. The maximum Gasteiger partial charge on any atom is 0.410 e. The summed E-state index contributed by atoms with van der Waals surface area (Å²) in [6, 6.07) is -0.0586. The van der Waals surface area contributed by atoms with E-state index in [4.69, 9.17) is 4.74 Å². The lowest BCUT2D eigenvalue weighted by molar-refractivity contribution is 0.0158. The van der Waals surface area contributed by atoms with E-state index in [1.807, 2.05) is 32.6 Å². The Morgan fingerprint density at radius 2 is 1.96 bits per heavy atom. The Kier molecular flexibility index (Phi) is 4.66. The molecule has 1 unspecified atom stereocenters. The second-order valence-electron chi connectivity index (χ2n) is 7.75. The standard InChI is InChI=1S/C17H25N3O4S/c1-10-9-19(7-8-20(10)16(23)24-17(2,3)4)14-12(15(21)22)18-13(25-14)11-5-6-11/h10-11H,5-9H2,1-4H3,(H,21,22). The van der Waals surface area contributed by atoms with E-state index in [1.54, 1.807) is 4.90 Å². The van der Waals surface area contributed by atoms with Gasteiger partial charge in [-0.25, -0.2) is 14.6 Å². The predicted molar refractivity (Wildman–Crippen MR) is 95.7 cm³/mol. The van der Waals surface area contributed by atoms with Gasteiger partial charge in [0.1, 0.15) is 10.6 Å². The second kappa shape index (κ2) is 6.48. The van der Waals surface area contributed by atoms with Gasteiger partial charge in [0.25, 0.3) is 0 Å². The fourth-order valence-corrected chi connectivity index (χ4v) is 4.18. The number of amides is 1. The fourth-order valence-electron chi connectivity index (χ4n) is 2.92. The molecule has 2 heterocycles. The van der Waals surface area contributed by atoms with Crippen LogP contribution in [0.5, 0.6) is 0 Å². The van der Waals surface area contributed by atoms with E-state index in [9.17, 15) is 14.7 Å². The molecule has 0 aromatic carbocycles. The lowest BCUT2D eigenvalue weighted by Gasteiger charge is -2.40. The molecular formula is C17H25N3O4S. The molecule has 1 aromatic heterocycles. The summed E-state index contributed by atoms with van der Waals surface area (Å²) >= 11 is 1.49. The van der Waals surface area contributed by atoms with Gasteiger partial charge in [-0.05, 0) is 40.5 Å². The summed E-state index contributed by atoms with van der Waals surface area (Å²) in [6.45, 7) is 9.16. The van der Waals surface area contributed by atoms with Crippen LogP contribution in [0.2, 0.25) is 0 Å². The molecule has 1 atom stereocenters. The molecule has 0 spiro atoms. The molecule has 1 saturated carbocycles. The topological polar surface area (TPSA) is 83.0 Å². The van der Waals surface area contributed by atoms with Crippen LogP contribution in [0.25, 0.3) is 0 Å². The Morgan fingerprint density at radius 3 is 2.48 bits per heavy atom. The third-order valence-corrected chi connectivity index (χ3v) is 5.58. The minimum atomic E-state index is -0.986. The van der Waals surface area contributed by atoms with E-state index in [2.05, 4.69) is 4.98 Å². The minimum absolute atomic E-state index is 0.0586. The summed E-state index contributed by atoms with van der Waals surface area (Å²) in [4.78, 5) is 32.0. The minimum Gasteiger partial charge on any atom is -0.476 e. The van der Waals surface area contributed by atoms with Crippen molar-refractivity contribution >= 4 is 28.4 Å². The molecule has 25 heavy (non-hydrogen) atoms. The Hall–Kier alpha value is -1.83. The number of carboxylic acids is 1. The average Bonchev–Trinajstić information content (AvgIpc) is 3.23. The molecule has 1 saturated heterocycles. The second-order valence-corrected chi connectivity index (χ2v) is 8.76. The van der Waals surface area contributed by atoms with Crippen LogP contribution in [0.15, 0.2) is 0 Å². The van der Waals surface area contributed by atoms with Crippen LogP contribution in [0.4, 0.5) is 9.80 Å². The van der Waals surface area contributed by atoms with Crippen molar-refractivity contribution in [2.75, 3.05) is 24.5 Å². The molecule has 0 bridgehead atoms. The van der Waals surface area contributed by atoms with Crippen molar-refractivity contribution in [3.63, 3.8) is 0 Å². The summed E-state index contributed by atoms with van der Waals surface area (Å²) in [6.07, 6.45) is 1.87. The van der Waals surface area contributed by atoms with E-state index in [1.165, 1.54) is 11.3 Å². The first-order valence-electron chi connectivity index (χ1n) is 8.64. The van der Waals surface area contributed by atoms with Crippen LogP contribution in [0.3, 0.4) is 0 Å². The SMILES string of the molecule is CC1CN(c2sc(C3CC3)nc2C(=O)O)CCN1C(=O)OC(C)(C)C. The Morgan fingerprint density at radius 1 is 1.28 bits per heavy atom. The molecule has 1 aliphatic carbocycles. The van der Waals surface area contributed by atoms with E-state index in [-0.39, 0.29) is 17.8 Å². The maximum atomic E-state index is 12.3. The highest BCUT2D eigenvalue weighted by Gasteiger charge is 2.35. The molecule has 138 valence electrons. The quantitative estimate of drug-likeness (QED) is 0.883. The predicted octanol–water partition coefficient (Wildman–Crippen LogP) is 3.16. The van der Waals surface area contributed by atoms with Gasteiger partial charge in [-0.2, -0.15) is 0 Å². The van der Waals surface area contributed by atoms with Crippen LogP contribution in [-0.4, -0.2) is 58.3 Å². The third kappa shape index (κ3) is 4.05. The van der Waals surface area contributed by atoms with Gasteiger partial charge in [0, 0.05) is 31.6 Å². The number of nitrogens with zero attached hydrogens (tertiary/aromatic N) is 3. The van der Waals surface area contributed by atoms with Gasteiger partial charge in [-0.15, -0.1) is 11.3 Å². The largest absolute Gasteiger partial charge is 0.476 e. The summed E-state index contributed by atoms with van der Waals surface area (Å²) < 4.78 is 5.46. The first-order valence-corrected chi connectivity index (χ1v) is 9.46. The Balaban J connectivity index is 1.72. The van der Waals surface area contributed by atoms with Crippen molar-refractivity contribution in [3.05, 3.63) is 10.7 Å². The van der Waals surface area contributed by atoms with Crippen molar-refractivity contribution in [1.29, 1.82) is 0 Å². The molecule has 3 rings (SSSR count). The van der Waals surface area contributed by atoms with E-state index < -0.39 is 11.6 Å². The van der Waals surface area contributed by atoms with Crippen LogP contribution in [0.1, 0.15) is 62.0 Å². The molecule has 0 radical (unpaired) electrons. The van der Waals surface area contributed by atoms with Gasteiger partial charge in [0.15, 0.2) is 5.69 Å². The molecule has 1 aliphatic heterocycles. The monoisotopic (exact) mass is 367 g/mol. The lowest BCUT2D eigenvalue weighted by atomic mass is 10.2. The number of carbonyl (C=O) groups excluding carboxylic acids is 1. The maximum absolute atomic E-state index is 12.3. The van der Waals surface area contributed by atoms with Crippen LogP contribution >= 0.6 is 11.3 Å². The number of carbonyl (C=O) groups is 2. The van der Waals surface area contributed by atoms with Crippen LogP contribution in [-0.2, 0) is 4.74 Å². The zero-order chi connectivity index (χ0) is 18.4. The molecular weight excluding hydrogens is 342 g/mol.